The van der Waals surface area contributed by atoms with Crippen molar-refractivity contribution in [1.82, 2.24) is 15.0 Å². The number of rotatable bonds is 3. The molecule has 0 aliphatic rings. The molecule has 0 spiro atoms. The van der Waals surface area contributed by atoms with Crippen molar-refractivity contribution in [2.45, 2.75) is 39.7 Å². The summed E-state index contributed by atoms with van der Waals surface area (Å²) in [6.07, 6.45) is 0. The van der Waals surface area contributed by atoms with E-state index in [1.807, 2.05) is 12.3 Å². The average Bonchev–Trinajstić information content (AvgIpc) is 2.71. The Labute approximate surface area is 122 Å². The summed E-state index contributed by atoms with van der Waals surface area (Å²) in [7, 11) is 0. The van der Waals surface area contributed by atoms with Gasteiger partial charge in [0.1, 0.15) is 16.8 Å². The third kappa shape index (κ3) is 3.88. The number of nitrogens with one attached hydrogen (secondary N) is 1. The molecule has 0 unspecified atom stereocenters. The normalized spacial score (nSPS) is 11.6. The van der Waals surface area contributed by atoms with Gasteiger partial charge < -0.3 is 5.32 Å². The van der Waals surface area contributed by atoms with Crippen molar-refractivity contribution < 1.29 is 0 Å². The van der Waals surface area contributed by atoms with Crippen molar-refractivity contribution in [3.8, 4) is 0 Å². The Morgan fingerprint density at radius 1 is 1.26 bits per heavy atom. The van der Waals surface area contributed by atoms with Gasteiger partial charge in [0.05, 0.1) is 17.2 Å². The molecule has 0 saturated heterocycles. The maximum atomic E-state index is 6.04. The molecule has 2 aromatic heterocycles. The van der Waals surface area contributed by atoms with Gasteiger partial charge in [0, 0.05) is 16.9 Å². The summed E-state index contributed by atoms with van der Waals surface area (Å²) >= 11 is 7.68. The van der Waals surface area contributed by atoms with Crippen LogP contribution < -0.4 is 5.32 Å². The lowest BCUT2D eigenvalue weighted by Crippen LogP contribution is -2.17. The third-order valence-electron chi connectivity index (χ3n) is 2.48. The molecule has 0 aromatic carbocycles. The fraction of sp³-hybridized carbons (Fsp3) is 0.462. The minimum absolute atomic E-state index is 0.126. The van der Waals surface area contributed by atoms with Gasteiger partial charge in [0.2, 0.25) is 0 Å². The standard InChI is InChI=1S/C13H17ClN4S/c1-8-16-9(7-19-8)6-15-11-5-10(14)17-12(18-11)13(2,3)4/h5,7H,6H2,1-4H3,(H,15,17,18). The quantitative estimate of drug-likeness (QED) is 0.875. The number of hydrogen-bond donors (Lipinski definition) is 1. The van der Waals surface area contributed by atoms with Crippen molar-refractivity contribution >= 4 is 28.8 Å². The van der Waals surface area contributed by atoms with Crippen LogP contribution in [0.25, 0.3) is 0 Å². The first-order valence-corrected chi connectivity index (χ1v) is 7.30. The van der Waals surface area contributed by atoms with Crippen LogP contribution in [0.1, 0.15) is 37.3 Å². The van der Waals surface area contributed by atoms with E-state index >= 15 is 0 Å². The summed E-state index contributed by atoms with van der Waals surface area (Å²) in [5.74, 6) is 1.47. The van der Waals surface area contributed by atoms with E-state index in [2.05, 4.69) is 41.0 Å². The van der Waals surface area contributed by atoms with Crippen LogP contribution >= 0.6 is 22.9 Å². The molecule has 0 bridgehead atoms. The molecule has 4 nitrogen and oxygen atoms in total. The number of thiazole rings is 1. The molecule has 2 heterocycles. The highest BCUT2D eigenvalue weighted by molar-refractivity contribution is 7.09. The van der Waals surface area contributed by atoms with Crippen LogP contribution in [0.15, 0.2) is 11.4 Å². The second-order valence-corrected chi connectivity index (χ2v) is 6.81. The maximum absolute atomic E-state index is 6.04. The number of hydrogen-bond acceptors (Lipinski definition) is 5. The molecular formula is C13H17ClN4S. The van der Waals surface area contributed by atoms with Crippen LogP contribution in [0.2, 0.25) is 5.15 Å². The smallest absolute Gasteiger partial charge is 0.137 e. The zero-order valence-corrected chi connectivity index (χ0v) is 13.1. The predicted molar refractivity (Wildman–Crippen MR) is 79.9 cm³/mol. The molecule has 102 valence electrons. The van der Waals surface area contributed by atoms with E-state index in [4.69, 9.17) is 11.6 Å². The van der Waals surface area contributed by atoms with E-state index in [1.54, 1.807) is 17.4 Å². The maximum Gasteiger partial charge on any atom is 0.137 e. The van der Waals surface area contributed by atoms with Crippen LogP contribution in [0.3, 0.4) is 0 Å². The lowest BCUT2D eigenvalue weighted by Gasteiger charge is -2.17. The summed E-state index contributed by atoms with van der Waals surface area (Å²) in [6, 6.07) is 1.73. The van der Waals surface area contributed by atoms with E-state index in [0.29, 0.717) is 11.7 Å². The molecule has 0 amide bonds. The highest BCUT2D eigenvalue weighted by atomic mass is 35.5. The summed E-state index contributed by atoms with van der Waals surface area (Å²) in [5.41, 5.74) is 0.882. The van der Waals surface area contributed by atoms with Crippen LogP contribution in [0.5, 0.6) is 0 Å². The monoisotopic (exact) mass is 296 g/mol. The van der Waals surface area contributed by atoms with Gasteiger partial charge in [-0.1, -0.05) is 32.4 Å². The van der Waals surface area contributed by atoms with Crippen LogP contribution in [0, 0.1) is 6.92 Å². The lowest BCUT2D eigenvalue weighted by atomic mass is 9.96. The van der Waals surface area contributed by atoms with E-state index < -0.39 is 0 Å². The Bertz CT molecular complexity index is 574. The zero-order chi connectivity index (χ0) is 14.0. The fourth-order valence-corrected chi connectivity index (χ4v) is 2.31. The number of aryl methyl sites for hydroxylation is 1. The molecule has 0 radical (unpaired) electrons. The highest BCUT2D eigenvalue weighted by Crippen LogP contribution is 2.22. The van der Waals surface area contributed by atoms with Gasteiger partial charge in [-0.15, -0.1) is 11.3 Å². The molecular weight excluding hydrogens is 280 g/mol. The van der Waals surface area contributed by atoms with Crippen LogP contribution in [-0.2, 0) is 12.0 Å². The minimum atomic E-state index is -0.126. The SMILES string of the molecule is Cc1nc(CNc2cc(Cl)nc(C(C)(C)C)n2)cs1. The Morgan fingerprint density at radius 3 is 2.58 bits per heavy atom. The first-order valence-electron chi connectivity index (χ1n) is 6.04. The van der Waals surface area contributed by atoms with Crippen molar-refractivity contribution in [3.05, 3.63) is 33.1 Å². The fourth-order valence-electron chi connectivity index (χ4n) is 1.51. The van der Waals surface area contributed by atoms with Crippen molar-refractivity contribution in [1.29, 1.82) is 0 Å². The van der Waals surface area contributed by atoms with Crippen molar-refractivity contribution in [3.63, 3.8) is 0 Å². The second kappa shape index (κ2) is 5.43. The molecule has 0 saturated carbocycles. The van der Waals surface area contributed by atoms with Crippen molar-refractivity contribution in [2.24, 2.45) is 0 Å². The number of aromatic nitrogens is 3. The van der Waals surface area contributed by atoms with Crippen LogP contribution in [-0.4, -0.2) is 15.0 Å². The summed E-state index contributed by atoms with van der Waals surface area (Å²) in [4.78, 5) is 13.2. The van der Waals surface area contributed by atoms with Gasteiger partial charge >= 0.3 is 0 Å². The van der Waals surface area contributed by atoms with E-state index in [9.17, 15) is 0 Å². The molecule has 2 aromatic rings. The predicted octanol–water partition coefficient (Wildman–Crippen LogP) is 3.80. The molecule has 0 aliphatic carbocycles. The van der Waals surface area contributed by atoms with E-state index in [1.165, 1.54) is 0 Å². The lowest BCUT2D eigenvalue weighted by molar-refractivity contribution is 0.546. The van der Waals surface area contributed by atoms with Gasteiger partial charge in [-0.25, -0.2) is 15.0 Å². The third-order valence-corrected chi connectivity index (χ3v) is 3.50. The Kier molecular flexibility index (Phi) is 4.06. The Hall–Kier alpha value is -1.20. The van der Waals surface area contributed by atoms with E-state index in [-0.39, 0.29) is 5.41 Å². The Balaban J connectivity index is 2.14. The highest BCUT2D eigenvalue weighted by Gasteiger charge is 2.18. The largest absolute Gasteiger partial charge is 0.364 e. The molecule has 1 N–H and O–H groups in total. The average molecular weight is 297 g/mol. The molecule has 2 rings (SSSR count). The molecule has 6 heteroatoms. The Morgan fingerprint density at radius 2 is 2.00 bits per heavy atom. The van der Waals surface area contributed by atoms with Crippen molar-refractivity contribution in [2.75, 3.05) is 5.32 Å². The van der Waals surface area contributed by atoms with E-state index in [0.717, 1.165) is 22.3 Å². The van der Waals surface area contributed by atoms with Gasteiger partial charge in [0.15, 0.2) is 0 Å². The number of halogens is 1. The first kappa shape index (κ1) is 14.2. The zero-order valence-electron chi connectivity index (χ0n) is 11.5. The second-order valence-electron chi connectivity index (χ2n) is 5.36. The molecule has 0 fully saturated rings. The van der Waals surface area contributed by atoms with Gasteiger partial charge in [-0.3, -0.25) is 0 Å². The number of nitrogens with zero attached hydrogens (tertiary/aromatic N) is 3. The number of anilines is 1. The summed E-state index contributed by atoms with van der Waals surface area (Å²) in [5, 5.41) is 6.79. The summed E-state index contributed by atoms with van der Waals surface area (Å²) < 4.78 is 0. The van der Waals surface area contributed by atoms with Gasteiger partial charge in [-0.05, 0) is 6.92 Å². The topological polar surface area (TPSA) is 50.7 Å². The van der Waals surface area contributed by atoms with Gasteiger partial charge in [-0.2, -0.15) is 0 Å². The summed E-state index contributed by atoms with van der Waals surface area (Å²) in [6.45, 7) is 8.82. The van der Waals surface area contributed by atoms with Crippen LogP contribution in [0.4, 0.5) is 5.82 Å². The van der Waals surface area contributed by atoms with Gasteiger partial charge in [0.25, 0.3) is 0 Å². The minimum Gasteiger partial charge on any atom is -0.364 e. The molecule has 19 heavy (non-hydrogen) atoms. The first-order chi connectivity index (χ1) is 8.84. The molecule has 0 atom stereocenters. The molecule has 0 aliphatic heterocycles.